The molecule has 0 atom stereocenters. The third-order valence-electron chi connectivity index (χ3n) is 2.50. The molecule has 2 rings (SSSR count). The zero-order valence-corrected chi connectivity index (χ0v) is 12.3. The molecule has 98 valence electrons. The van der Waals surface area contributed by atoms with Crippen molar-refractivity contribution in [3.8, 4) is 0 Å². The van der Waals surface area contributed by atoms with Crippen LogP contribution in [0.1, 0.15) is 16.1 Å². The maximum Gasteiger partial charge on any atom is 0.356 e. The van der Waals surface area contributed by atoms with Crippen LogP contribution in [0.25, 0.3) is 0 Å². The van der Waals surface area contributed by atoms with E-state index in [1.807, 2.05) is 25.1 Å². The molecule has 0 aliphatic rings. The fourth-order valence-corrected chi connectivity index (χ4v) is 2.23. The van der Waals surface area contributed by atoms with Crippen LogP contribution in [-0.2, 0) is 0 Å². The summed E-state index contributed by atoms with van der Waals surface area (Å²) in [6, 6.07) is 8.88. The molecular weight excluding hydrogens is 332 g/mol. The van der Waals surface area contributed by atoms with E-state index in [-0.39, 0.29) is 10.7 Å². The first-order valence-corrected chi connectivity index (χ1v) is 6.57. The van der Waals surface area contributed by atoms with Crippen molar-refractivity contribution in [2.45, 2.75) is 6.92 Å². The molecule has 0 aliphatic carbocycles. The molecule has 2 aromatic rings. The highest BCUT2D eigenvalue weighted by molar-refractivity contribution is 9.10. The second kappa shape index (κ2) is 5.59. The number of carbonyl (C=O) groups is 1. The van der Waals surface area contributed by atoms with Gasteiger partial charge in [0, 0.05) is 10.2 Å². The second-order valence-electron chi connectivity index (χ2n) is 3.92. The van der Waals surface area contributed by atoms with Gasteiger partial charge in [0.1, 0.15) is 5.82 Å². The highest BCUT2D eigenvalue weighted by Crippen LogP contribution is 2.24. The number of aryl methyl sites for hydroxylation is 1. The van der Waals surface area contributed by atoms with Gasteiger partial charge < -0.3 is 10.4 Å². The molecule has 0 saturated heterocycles. The van der Waals surface area contributed by atoms with Gasteiger partial charge in [-0.3, -0.25) is 0 Å². The van der Waals surface area contributed by atoms with Crippen molar-refractivity contribution in [2.24, 2.45) is 0 Å². The number of aromatic nitrogens is 1. The number of benzene rings is 1. The third kappa shape index (κ3) is 3.24. The Morgan fingerprint density at radius 2 is 2.11 bits per heavy atom. The molecule has 4 nitrogen and oxygen atoms in total. The van der Waals surface area contributed by atoms with Crippen LogP contribution in [0.15, 0.2) is 34.8 Å². The predicted octanol–water partition coefficient (Wildman–Crippen LogP) is 4.25. The molecule has 0 fully saturated rings. The monoisotopic (exact) mass is 340 g/mol. The van der Waals surface area contributed by atoms with Gasteiger partial charge >= 0.3 is 5.97 Å². The van der Waals surface area contributed by atoms with Crippen molar-refractivity contribution in [1.29, 1.82) is 0 Å². The molecular formula is C13H10BrClN2O2. The summed E-state index contributed by atoms with van der Waals surface area (Å²) in [4.78, 5) is 14.9. The van der Waals surface area contributed by atoms with E-state index in [0.717, 1.165) is 15.7 Å². The first-order chi connectivity index (χ1) is 8.97. The van der Waals surface area contributed by atoms with Crippen LogP contribution in [-0.4, -0.2) is 16.1 Å². The van der Waals surface area contributed by atoms with Gasteiger partial charge in [0.2, 0.25) is 0 Å². The summed E-state index contributed by atoms with van der Waals surface area (Å²) < 4.78 is 0.978. The van der Waals surface area contributed by atoms with Crippen LogP contribution in [0, 0.1) is 6.92 Å². The van der Waals surface area contributed by atoms with E-state index in [9.17, 15) is 4.79 Å². The van der Waals surface area contributed by atoms with Gasteiger partial charge in [0.15, 0.2) is 5.69 Å². The number of hydrogen-bond acceptors (Lipinski definition) is 3. The van der Waals surface area contributed by atoms with Crippen LogP contribution in [0.4, 0.5) is 11.5 Å². The molecule has 6 heteroatoms. The van der Waals surface area contributed by atoms with Crippen molar-refractivity contribution in [1.82, 2.24) is 4.98 Å². The van der Waals surface area contributed by atoms with Gasteiger partial charge in [-0.15, -0.1) is 0 Å². The lowest BCUT2D eigenvalue weighted by Gasteiger charge is -2.10. The lowest BCUT2D eigenvalue weighted by Crippen LogP contribution is -2.04. The molecule has 0 radical (unpaired) electrons. The number of rotatable bonds is 3. The highest BCUT2D eigenvalue weighted by Gasteiger charge is 2.11. The lowest BCUT2D eigenvalue weighted by molar-refractivity contribution is 0.0691. The Morgan fingerprint density at radius 1 is 1.37 bits per heavy atom. The minimum atomic E-state index is -1.15. The van der Waals surface area contributed by atoms with E-state index in [2.05, 4.69) is 26.2 Å². The van der Waals surface area contributed by atoms with E-state index in [1.165, 1.54) is 6.07 Å². The number of nitrogens with zero attached hydrogens (tertiary/aromatic N) is 1. The van der Waals surface area contributed by atoms with E-state index < -0.39 is 5.97 Å². The molecule has 0 bridgehead atoms. The average molecular weight is 342 g/mol. The van der Waals surface area contributed by atoms with Crippen LogP contribution >= 0.6 is 27.5 Å². The molecule has 0 amide bonds. The smallest absolute Gasteiger partial charge is 0.356 e. The Bertz CT molecular complexity index is 647. The maximum absolute atomic E-state index is 11.0. The Kier molecular flexibility index (Phi) is 4.07. The molecule has 1 aromatic carbocycles. The first kappa shape index (κ1) is 13.8. The SMILES string of the molecule is Cc1cc(Br)ccc1Nc1ccc(Cl)c(C(=O)O)n1. The van der Waals surface area contributed by atoms with Crippen molar-refractivity contribution in [2.75, 3.05) is 5.32 Å². The molecule has 0 aliphatic heterocycles. The van der Waals surface area contributed by atoms with Gasteiger partial charge in [-0.25, -0.2) is 9.78 Å². The number of halogens is 2. The van der Waals surface area contributed by atoms with E-state index in [0.29, 0.717) is 5.82 Å². The number of anilines is 2. The van der Waals surface area contributed by atoms with Crippen LogP contribution in [0.3, 0.4) is 0 Å². The Balaban J connectivity index is 2.33. The number of hydrogen-bond donors (Lipinski definition) is 2. The Labute approximate surface area is 123 Å². The minimum Gasteiger partial charge on any atom is -0.476 e. The summed E-state index contributed by atoms with van der Waals surface area (Å²) in [6.07, 6.45) is 0. The molecule has 0 unspecified atom stereocenters. The molecule has 2 N–H and O–H groups in total. The number of pyridine rings is 1. The number of aromatic carboxylic acids is 1. The second-order valence-corrected chi connectivity index (χ2v) is 5.24. The fraction of sp³-hybridized carbons (Fsp3) is 0.0769. The van der Waals surface area contributed by atoms with Crippen molar-refractivity contribution in [3.05, 3.63) is 51.1 Å². The quantitative estimate of drug-likeness (QED) is 0.876. The van der Waals surface area contributed by atoms with Gasteiger partial charge in [0.25, 0.3) is 0 Å². The van der Waals surface area contributed by atoms with Crippen LogP contribution < -0.4 is 5.32 Å². The first-order valence-electron chi connectivity index (χ1n) is 5.40. The largest absolute Gasteiger partial charge is 0.476 e. The summed E-state index contributed by atoms with van der Waals surface area (Å²) in [7, 11) is 0. The van der Waals surface area contributed by atoms with E-state index in [1.54, 1.807) is 6.07 Å². The van der Waals surface area contributed by atoms with E-state index >= 15 is 0 Å². The summed E-state index contributed by atoms with van der Waals surface area (Å²) >= 11 is 9.15. The summed E-state index contributed by atoms with van der Waals surface area (Å²) in [5.41, 5.74) is 1.71. The summed E-state index contributed by atoms with van der Waals surface area (Å²) in [5.74, 6) is -0.714. The van der Waals surface area contributed by atoms with Crippen LogP contribution in [0.2, 0.25) is 5.02 Å². The molecule has 19 heavy (non-hydrogen) atoms. The van der Waals surface area contributed by atoms with Crippen molar-refractivity contribution < 1.29 is 9.90 Å². The molecule has 1 heterocycles. The van der Waals surface area contributed by atoms with Gasteiger partial charge in [-0.1, -0.05) is 27.5 Å². The van der Waals surface area contributed by atoms with Gasteiger partial charge in [0.05, 0.1) is 5.02 Å². The molecule has 0 spiro atoms. The zero-order chi connectivity index (χ0) is 14.0. The maximum atomic E-state index is 11.0. The van der Waals surface area contributed by atoms with Crippen LogP contribution in [0.5, 0.6) is 0 Å². The average Bonchev–Trinajstić information content (AvgIpc) is 2.34. The normalized spacial score (nSPS) is 10.3. The van der Waals surface area contributed by atoms with Gasteiger partial charge in [-0.05, 0) is 42.8 Å². The molecule has 1 aromatic heterocycles. The Morgan fingerprint density at radius 3 is 2.74 bits per heavy atom. The Hall–Kier alpha value is -1.59. The summed E-state index contributed by atoms with van der Waals surface area (Å²) in [5, 5.41) is 12.2. The van der Waals surface area contributed by atoms with Crippen molar-refractivity contribution >= 4 is 45.0 Å². The number of carboxylic acids is 1. The topological polar surface area (TPSA) is 62.2 Å². The minimum absolute atomic E-state index is 0.116. The standard InChI is InChI=1S/C13H10BrClN2O2/c1-7-6-8(14)2-4-10(7)16-11-5-3-9(15)12(17-11)13(18)19/h2-6H,1H3,(H,16,17)(H,18,19). The van der Waals surface area contributed by atoms with Crippen molar-refractivity contribution in [3.63, 3.8) is 0 Å². The number of carboxylic acid groups (broad SMARTS) is 1. The number of nitrogens with one attached hydrogen (secondary N) is 1. The van der Waals surface area contributed by atoms with E-state index in [4.69, 9.17) is 16.7 Å². The highest BCUT2D eigenvalue weighted by atomic mass is 79.9. The summed E-state index contributed by atoms with van der Waals surface area (Å²) in [6.45, 7) is 1.95. The van der Waals surface area contributed by atoms with Gasteiger partial charge in [-0.2, -0.15) is 0 Å². The molecule has 0 saturated carbocycles. The fourth-order valence-electron chi connectivity index (χ4n) is 1.57. The zero-order valence-electron chi connectivity index (χ0n) is 9.95. The third-order valence-corrected chi connectivity index (χ3v) is 3.30. The predicted molar refractivity (Wildman–Crippen MR) is 78.4 cm³/mol. The lowest BCUT2D eigenvalue weighted by atomic mass is 10.2.